The van der Waals surface area contributed by atoms with Gasteiger partial charge in [0.05, 0.1) is 0 Å². The summed E-state index contributed by atoms with van der Waals surface area (Å²) in [6, 6.07) is 2.03. The Morgan fingerprint density at radius 2 is 1.78 bits per heavy atom. The van der Waals surface area contributed by atoms with E-state index in [0.29, 0.717) is 18.4 Å². The van der Waals surface area contributed by atoms with Crippen molar-refractivity contribution < 1.29 is 17.9 Å². The number of alkyl halides is 1. The molecule has 1 saturated carbocycles. The first-order chi connectivity index (χ1) is 8.27. The summed E-state index contributed by atoms with van der Waals surface area (Å²) in [6.45, 7) is 5.48. The van der Waals surface area contributed by atoms with Gasteiger partial charge in [-0.1, -0.05) is 20.8 Å². The predicted molar refractivity (Wildman–Crippen MR) is 63.6 cm³/mol. The first kappa shape index (κ1) is 13.2. The van der Waals surface area contributed by atoms with Crippen molar-refractivity contribution in [2.45, 2.75) is 51.3 Å². The summed E-state index contributed by atoms with van der Waals surface area (Å²) in [6.07, 6.45) is -0.544. The molecule has 0 spiro atoms. The molecule has 100 valence electrons. The number of rotatable bonds is 2. The van der Waals surface area contributed by atoms with Crippen molar-refractivity contribution in [2.75, 3.05) is 0 Å². The Hall–Kier alpha value is -1.19. The molecule has 0 saturated heterocycles. The molecule has 0 unspecified atom stereocenters. The minimum atomic E-state index is -0.855. The average molecular weight is 258 g/mol. The molecule has 1 aromatic rings. The van der Waals surface area contributed by atoms with Gasteiger partial charge < -0.3 is 4.74 Å². The molecule has 1 aliphatic rings. The van der Waals surface area contributed by atoms with E-state index in [1.165, 1.54) is 6.07 Å². The Morgan fingerprint density at radius 3 is 2.28 bits per heavy atom. The summed E-state index contributed by atoms with van der Waals surface area (Å²) < 4.78 is 45.4. The van der Waals surface area contributed by atoms with Crippen molar-refractivity contribution in [1.29, 1.82) is 0 Å². The molecule has 1 aliphatic carbocycles. The zero-order valence-electron chi connectivity index (χ0n) is 10.8. The Kier molecular flexibility index (Phi) is 3.30. The van der Waals surface area contributed by atoms with Crippen LogP contribution in [0.2, 0.25) is 0 Å². The van der Waals surface area contributed by atoms with Gasteiger partial charge in [-0.2, -0.15) is 0 Å². The second-order valence-electron chi connectivity index (χ2n) is 5.82. The minimum absolute atomic E-state index is 0.192. The average Bonchev–Trinajstić information content (AvgIpc) is 2.11. The van der Waals surface area contributed by atoms with Crippen molar-refractivity contribution >= 4 is 0 Å². The van der Waals surface area contributed by atoms with Gasteiger partial charge in [-0.25, -0.2) is 13.2 Å². The van der Waals surface area contributed by atoms with Gasteiger partial charge in [-0.05, 0) is 5.41 Å². The minimum Gasteiger partial charge on any atom is -0.490 e. The highest BCUT2D eigenvalue weighted by atomic mass is 19.1. The molecule has 2 rings (SSSR count). The van der Waals surface area contributed by atoms with Gasteiger partial charge in [0.2, 0.25) is 0 Å². The molecule has 0 bridgehead atoms. The van der Waals surface area contributed by atoms with Crippen LogP contribution >= 0.6 is 0 Å². The van der Waals surface area contributed by atoms with Crippen LogP contribution in [0.5, 0.6) is 5.75 Å². The molecule has 1 fully saturated rings. The standard InChI is InChI=1S/C14H17F3O/c1-14(2,3)13-11(17)6-9(16)7-12(13)18-10-4-8(15)5-10/h6-8,10H,4-5H2,1-3H3. The fraction of sp³-hybridized carbons (Fsp3) is 0.571. The predicted octanol–water partition coefficient (Wildman–Crippen LogP) is 4.14. The number of hydrogen-bond donors (Lipinski definition) is 0. The first-order valence-corrected chi connectivity index (χ1v) is 6.07. The summed E-state index contributed by atoms with van der Waals surface area (Å²) in [5.41, 5.74) is -0.155. The lowest BCUT2D eigenvalue weighted by Gasteiger charge is -2.32. The zero-order chi connectivity index (χ0) is 13.5. The Bertz CT molecular complexity index is 445. The molecule has 0 N–H and O–H groups in total. The van der Waals surface area contributed by atoms with E-state index < -0.39 is 23.2 Å². The maximum absolute atomic E-state index is 13.9. The van der Waals surface area contributed by atoms with Crippen LogP contribution < -0.4 is 4.74 Å². The van der Waals surface area contributed by atoms with Gasteiger partial charge in [0, 0.05) is 30.5 Å². The molecule has 0 aliphatic heterocycles. The molecular weight excluding hydrogens is 241 g/mol. The Labute approximate surface area is 105 Å². The van der Waals surface area contributed by atoms with Crippen LogP contribution in [-0.2, 0) is 5.41 Å². The lowest BCUT2D eigenvalue weighted by Crippen LogP contribution is -2.35. The quantitative estimate of drug-likeness (QED) is 0.774. The number of halogens is 3. The van der Waals surface area contributed by atoms with E-state index in [0.717, 1.165) is 6.07 Å². The highest BCUT2D eigenvalue weighted by molar-refractivity contribution is 5.40. The molecule has 0 atom stereocenters. The molecule has 0 heterocycles. The molecule has 18 heavy (non-hydrogen) atoms. The maximum atomic E-state index is 13.9. The fourth-order valence-corrected chi connectivity index (χ4v) is 2.15. The first-order valence-electron chi connectivity index (χ1n) is 6.07. The van der Waals surface area contributed by atoms with Crippen LogP contribution in [0.25, 0.3) is 0 Å². The maximum Gasteiger partial charge on any atom is 0.133 e. The van der Waals surface area contributed by atoms with Gasteiger partial charge in [-0.15, -0.1) is 0 Å². The van der Waals surface area contributed by atoms with Crippen LogP contribution in [0.4, 0.5) is 13.2 Å². The lowest BCUT2D eigenvalue weighted by molar-refractivity contribution is 0.0392. The van der Waals surface area contributed by atoms with Crippen LogP contribution in [0.3, 0.4) is 0 Å². The lowest BCUT2D eigenvalue weighted by atomic mass is 9.85. The third-order valence-corrected chi connectivity index (χ3v) is 3.10. The number of ether oxygens (including phenoxy) is 1. The van der Waals surface area contributed by atoms with E-state index in [9.17, 15) is 13.2 Å². The third-order valence-electron chi connectivity index (χ3n) is 3.10. The smallest absolute Gasteiger partial charge is 0.133 e. The highest BCUT2D eigenvalue weighted by Crippen LogP contribution is 2.37. The normalized spacial score (nSPS) is 23.7. The van der Waals surface area contributed by atoms with Crippen LogP contribution in [0.15, 0.2) is 12.1 Å². The van der Waals surface area contributed by atoms with Crippen molar-refractivity contribution in [1.82, 2.24) is 0 Å². The van der Waals surface area contributed by atoms with E-state index in [-0.39, 0.29) is 11.9 Å². The Morgan fingerprint density at radius 1 is 1.17 bits per heavy atom. The van der Waals surface area contributed by atoms with Gasteiger partial charge >= 0.3 is 0 Å². The SMILES string of the molecule is CC(C)(C)c1c(F)cc(F)cc1OC1CC(F)C1. The van der Waals surface area contributed by atoms with Crippen molar-refractivity contribution in [3.05, 3.63) is 29.3 Å². The fourth-order valence-electron chi connectivity index (χ4n) is 2.15. The van der Waals surface area contributed by atoms with E-state index in [4.69, 9.17) is 4.74 Å². The molecular formula is C14H17F3O. The second-order valence-corrected chi connectivity index (χ2v) is 5.82. The molecule has 1 aromatic carbocycles. The van der Waals surface area contributed by atoms with Crippen LogP contribution in [0, 0.1) is 11.6 Å². The molecule has 4 heteroatoms. The second kappa shape index (κ2) is 4.48. The van der Waals surface area contributed by atoms with Crippen molar-refractivity contribution in [3.63, 3.8) is 0 Å². The topological polar surface area (TPSA) is 9.23 Å². The summed E-state index contributed by atoms with van der Waals surface area (Å²) >= 11 is 0. The van der Waals surface area contributed by atoms with Gasteiger partial charge in [0.1, 0.15) is 29.7 Å². The van der Waals surface area contributed by atoms with Crippen molar-refractivity contribution in [3.8, 4) is 5.75 Å². The summed E-state index contributed by atoms with van der Waals surface area (Å²) in [4.78, 5) is 0. The molecule has 0 amide bonds. The van der Waals surface area contributed by atoms with Gasteiger partial charge in [0.25, 0.3) is 0 Å². The largest absolute Gasteiger partial charge is 0.490 e. The highest BCUT2D eigenvalue weighted by Gasteiger charge is 2.33. The van der Waals surface area contributed by atoms with E-state index in [1.54, 1.807) is 0 Å². The zero-order valence-corrected chi connectivity index (χ0v) is 10.8. The third kappa shape index (κ3) is 2.62. The summed E-state index contributed by atoms with van der Waals surface area (Å²) in [5.74, 6) is -1.10. The number of benzene rings is 1. The summed E-state index contributed by atoms with van der Waals surface area (Å²) in [5, 5.41) is 0. The molecule has 0 radical (unpaired) electrons. The van der Waals surface area contributed by atoms with Crippen molar-refractivity contribution in [2.24, 2.45) is 0 Å². The van der Waals surface area contributed by atoms with Crippen LogP contribution in [-0.4, -0.2) is 12.3 Å². The molecule has 1 nitrogen and oxygen atoms in total. The monoisotopic (exact) mass is 258 g/mol. The van der Waals surface area contributed by atoms with Gasteiger partial charge in [0.15, 0.2) is 0 Å². The van der Waals surface area contributed by atoms with Gasteiger partial charge in [-0.3, -0.25) is 0 Å². The Balaban J connectivity index is 2.32. The van der Waals surface area contributed by atoms with Crippen LogP contribution in [0.1, 0.15) is 39.2 Å². The summed E-state index contributed by atoms with van der Waals surface area (Å²) in [7, 11) is 0. The van der Waals surface area contributed by atoms with E-state index >= 15 is 0 Å². The number of hydrogen-bond acceptors (Lipinski definition) is 1. The van der Waals surface area contributed by atoms with E-state index in [2.05, 4.69) is 0 Å². The molecule has 0 aromatic heterocycles. The van der Waals surface area contributed by atoms with E-state index in [1.807, 2.05) is 20.8 Å².